The number of nitrogens with one attached hydrogen (secondary N) is 1. The molecular formula is C31H39N3O. The Labute approximate surface area is 211 Å². The van der Waals surface area contributed by atoms with Gasteiger partial charge in [-0.2, -0.15) is 0 Å². The average molecular weight is 470 g/mol. The monoisotopic (exact) mass is 469 g/mol. The van der Waals surface area contributed by atoms with Gasteiger partial charge in [0.05, 0.1) is 18.7 Å². The lowest BCUT2D eigenvalue weighted by Gasteiger charge is -2.22. The van der Waals surface area contributed by atoms with Gasteiger partial charge in [-0.05, 0) is 94.7 Å². The second-order valence-corrected chi connectivity index (χ2v) is 9.79. The number of ether oxygens (including phenoxy) is 1. The molecule has 0 bridgehead atoms. The van der Waals surface area contributed by atoms with E-state index in [0.29, 0.717) is 12.6 Å². The van der Waals surface area contributed by atoms with Crippen LogP contribution in [0.5, 0.6) is 5.75 Å². The molecule has 1 N–H and O–H groups in total. The molecule has 0 amide bonds. The normalized spacial score (nSPS) is 13.9. The smallest absolute Gasteiger partial charge is 0.119 e. The van der Waals surface area contributed by atoms with Gasteiger partial charge < -0.3 is 10.1 Å². The van der Waals surface area contributed by atoms with Crippen molar-refractivity contribution in [2.45, 2.75) is 64.3 Å². The van der Waals surface area contributed by atoms with Gasteiger partial charge in [0.15, 0.2) is 0 Å². The number of fused-ring (bicyclic) bond motifs is 2. The van der Waals surface area contributed by atoms with Crippen molar-refractivity contribution in [3.05, 3.63) is 65.4 Å². The Morgan fingerprint density at radius 2 is 1.86 bits per heavy atom. The maximum absolute atomic E-state index is 5.98. The van der Waals surface area contributed by atoms with E-state index in [1.165, 1.54) is 40.7 Å². The van der Waals surface area contributed by atoms with Gasteiger partial charge in [-0.3, -0.25) is 9.88 Å². The highest BCUT2D eigenvalue weighted by Gasteiger charge is 2.17. The van der Waals surface area contributed by atoms with Crippen LogP contribution in [0.3, 0.4) is 0 Å². The molecule has 0 saturated heterocycles. The van der Waals surface area contributed by atoms with Crippen molar-refractivity contribution in [1.29, 1.82) is 0 Å². The van der Waals surface area contributed by atoms with Crippen molar-refractivity contribution in [3.8, 4) is 18.1 Å². The number of likely N-dealkylation sites (N-methyl/N-ethyl adjacent to an activating group) is 1. The first-order chi connectivity index (χ1) is 17.2. The number of aryl methyl sites for hydroxylation is 1. The molecule has 4 heteroatoms. The number of para-hydroxylation sites is 1. The van der Waals surface area contributed by atoms with Gasteiger partial charge >= 0.3 is 0 Å². The minimum absolute atomic E-state index is 0.419. The third-order valence-electron chi connectivity index (χ3n) is 7.11. The molecule has 4 rings (SSSR count). The number of rotatable bonds is 12. The molecule has 3 aromatic rings. The zero-order valence-corrected chi connectivity index (χ0v) is 21.4. The van der Waals surface area contributed by atoms with Crippen molar-refractivity contribution in [1.82, 2.24) is 9.88 Å². The van der Waals surface area contributed by atoms with E-state index in [0.717, 1.165) is 62.9 Å². The maximum Gasteiger partial charge on any atom is 0.119 e. The molecule has 1 heterocycles. The highest BCUT2D eigenvalue weighted by atomic mass is 16.5. The number of aromatic nitrogens is 1. The summed E-state index contributed by atoms with van der Waals surface area (Å²) in [5, 5.41) is 5.03. The second-order valence-electron chi connectivity index (χ2n) is 9.79. The van der Waals surface area contributed by atoms with Crippen molar-refractivity contribution in [2.75, 3.05) is 32.1 Å². The first-order valence-electron chi connectivity index (χ1n) is 13.2. The van der Waals surface area contributed by atoms with Gasteiger partial charge in [-0.15, -0.1) is 6.42 Å². The van der Waals surface area contributed by atoms with E-state index in [1.54, 1.807) is 0 Å². The van der Waals surface area contributed by atoms with Crippen LogP contribution in [0.15, 0.2) is 48.5 Å². The van der Waals surface area contributed by atoms with Crippen LogP contribution in [0.1, 0.15) is 55.8 Å². The lowest BCUT2D eigenvalue weighted by molar-refractivity contribution is 0.286. The molecule has 0 saturated carbocycles. The molecular weight excluding hydrogens is 430 g/mol. The molecule has 0 aliphatic heterocycles. The number of nitrogens with zero attached hydrogens (tertiary/aromatic N) is 2. The van der Waals surface area contributed by atoms with E-state index in [4.69, 9.17) is 16.1 Å². The SMILES string of the molecule is C#CCN(C)[C@H](C)Cc1ccc(OCCCCCNc2c3c(nc4ccccc24)CCCC3)cc1. The van der Waals surface area contributed by atoms with Crippen LogP contribution < -0.4 is 10.1 Å². The van der Waals surface area contributed by atoms with Gasteiger partial charge in [0.1, 0.15) is 5.75 Å². The van der Waals surface area contributed by atoms with Crippen molar-refractivity contribution in [3.63, 3.8) is 0 Å². The van der Waals surface area contributed by atoms with Crippen molar-refractivity contribution in [2.24, 2.45) is 0 Å². The Bertz CT molecular complexity index is 1130. The van der Waals surface area contributed by atoms with Crippen LogP contribution in [0.25, 0.3) is 10.9 Å². The first-order valence-corrected chi connectivity index (χ1v) is 13.2. The molecule has 1 aliphatic rings. The van der Waals surface area contributed by atoms with Crippen LogP contribution in [0, 0.1) is 12.3 Å². The van der Waals surface area contributed by atoms with Crippen molar-refractivity contribution < 1.29 is 4.74 Å². The van der Waals surface area contributed by atoms with Gasteiger partial charge in [-0.25, -0.2) is 0 Å². The second kappa shape index (κ2) is 12.6. The summed E-state index contributed by atoms with van der Waals surface area (Å²) < 4.78 is 5.98. The Morgan fingerprint density at radius 3 is 2.69 bits per heavy atom. The van der Waals surface area contributed by atoms with E-state index in [-0.39, 0.29) is 0 Å². The van der Waals surface area contributed by atoms with Gasteiger partial charge in [-0.1, -0.05) is 36.3 Å². The first kappa shape index (κ1) is 25.1. The maximum atomic E-state index is 5.98. The largest absolute Gasteiger partial charge is 0.494 e. The lowest BCUT2D eigenvalue weighted by atomic mass is 9.92. The summed E-state index contributed by atoms with van der Waals surface area (Å²) in [5.41, 5.74) is 6.49. The summed E-state index contributed by atoms with van der Waals surface area (Å²) in [6.45, 7) is 4.64. The quantitative estimate of drug-likeness (QED) is 0.251. The average Bonchev–Trinajstić information content (AvgIpc) is 2.88. The minimum Gasteiger partial charge on any atom is -0.494 e. The number of hydrogen-bond donors (Lipinski definition) is 1. The molecule has 1 atom stereocenters. The summed E-state index contributed by atoms with van der Waals surface area (Å²) >= 11 is 0. The highest BCUT2D eigenvalue weighted by Crippen LogP contribution is 2.33. The molecule has 1 aromatic heterocycles. The number of pyridine rings is 1. The van der Waals surface area contributed by atoms with E-state index in [2.05, 4.69) is 78.6 Å². The molecule has 35 heavy (non-hydrogen) atoms. The zero-order valence-electron chi connectivity index (χ0n) is 21.4. The van der Waals surface area contributed by atoms with Gasteiger partial charge in [0.25, 0.3) is 0 Å². The number of hydrogen-bond acceptors (Lipinski definition) is 4. The summed E-state index contributed by atoms with van der Waals surface area (Å²) in [5.74, 6) is 3.66. The third-order valence-corrected chi connectivity index (χ3v) is 7.11. The Morgan fingerprint density at radius 1 is 1.06 bits per heavy atom. The lowest BCUT2D eigenvalue weighted by Crippen LogP contribution is -2.31. The summed E-state index contributed by atoms with van der Waals surface area (Å²) in [4.78, 5) is 7.14. The number of terminal acetylenes is 1. The third kappa shape index (κ3) is 6.77. The van der Waals surface area contributed by atoms with E-state index < -0.39 is 0 Å². The fourth-order valence-corrected chi connectivity index (χ4v) is 4.90. The molecule has 1 aliphatic carbocycles. The predicted octanol–water partition coefficient (Wildman–Crippen LogP) is 6.27. The fourth-order valence-electron chi connectivity index (χ4n) is 4.90. The molecule has 0 radical (unpaired) electrons. The Kier molecular flexibility index (Phi) is 9.03. The van der Waals surface area contributed by atoms with Crippen molar-refractivity contribution >= 4 is 16.6 Å². The molecule has 4 nitrogen and oxygen atoms in total. The van der Waals surface area contributed by atoms with Crippen LogP contribution in [0.4, 0.5) is 5.69 Å². The van der Waals surface area contributed by atoms with E-state index >= 15 is 0 Å². The van der Waals surface area contributed by atoms with Gasteiger partial charge in [0.2, 0.25) is 0 Å². The van der Waals surface area contributed by atoms with Crippen LogP contribution in [-0.4, -0.2) is 42.7 Å². The Hall–Kier alpha value is -3.03. The van der Waals surface area contributed by atoms with Crippen LogP contribution >= 0.6 is 0 Å². The number of anilines is 1. The standard InChI is InChI=1S/C31H39N3O/c1-4-21-34(3)24(2)23-25-16-18-26(19-17-25)35-22-11-5-10-20-32-31-27-12-6-8-14-29(27)33-30-15-9-7-13-28(30)31/h1,6,8,12,14,16-19,24H,5,7,9-11,13,15,20-23H2,2-3H3,(H,32,33)/t24-/m1/s1. The zero-order chi connectivity index (χ0) is 24.5. The molecule has 2 aromatic carbocycles. The van der Waals surface area contributed by atoms with E-state index in [9.17, 15) is 0 Å². The number of benzene rings is 2. The summed E-state index contributed by atoms with van der Waals surface area (Å²) in [6, 6.07) is 17.5. The summed E-state index contributed by atoms with van der Waals surface area (Å²) in [6.07, 6.45) is 14.5. The molecule has 0 spiro atoms. The minimum atomic E-state index is 0.419. The topological polar surface area (TPSA) is 37.4 Å². The van der Waals surface area contributed by atoms with Crippen LogP contribution in [-0.2, 0) is 19.3 Å². The molecule has 184 valence electrons. The molecule has 0 fully saturated rings. The van der Waals surface area contributed by atoms with E-state index in [1.807, 2.05) is 0 Å². The fraction of sp³-hybridized carbons (Fsp3) is 0.452. The predicted molar refractivity (Wildman–Crippen MR) is 147 cm³/mol. The number of unbranched alkanes of at least 4 members (excludes halogenated alkanes) is 2. The Balaban J connectivity index is 1.19. The molecule has 0 unspecified atom stereocenters. The highest BCUT2D eigenvalue weighted by molar-refractivity contribution is 5.93. The summed E-state index contributed by atoms with van der Waals surface area (Å²) in [7, 11) is 2.07. The van der Waals surface area contributed by atoms with Crippen LogP contribution in [0.2, 0.25) is 0 Å². The van der Waals surface area contributed by atoms with Gasteiger partial charge in [0, 0.05) is 29.4 Å².